The molecule has 122 valence electrons. The van der Waals surface area contributed by atoms with Crippen molar-refractivity contribution in [2.45, 2.75) is 0 Å². The third-order valence-electron chi connectivity index (χ3n) is 3.17. The molecule has 0 aliphatic carbocycles. The van der Waals surface area contributed by atoms with Crippen LogP contribution in [0.2, 0.25) is 10.0 Å². The van der Waals surface area contributed by atoms with E-state index in [-0.39, 0.29) is 5.76 Å². The number of hydrogen-bond donors (Lipinski definition) is 1. The topological polar surface area (TPSA) is 68.5 Å². The van der Waals surface area contributed by atoms with Crippen molar-refractivity contribution < 1.29 is 18.7 Å². The molecule has 0 radical (unpaired) electrons. The maximum atomic E-state index is 11.9. The molecule has 1 N–H and O–H groups in total. The Bertz CT molecular complexity index is 887. The third-order valence-corrected chi connectivity index (χ3v) is 3.71. The molecule has 1 aromatic heterocycles. The zero-order valence-corrected chi connectivity index (χ0v) is 13.7. The van der Waals surface area contributed by atoms with Gasteiger partial charge in [0.25, 0.3) is 5.91 Å². The Morgan fingerprint density at radius 1 is 1.08 bits per heavy atom. The van der Waals surface area contributed by atoms with Gasteiger partial charge in [0, 0.05) is 10.4 Å². The fraction of sp³-hybridized carbons (Fsp3) is 0.0588. The van der Waals surface area contributed by atoms with E-state index in [0.717, 1.165) is 5.39 Å². The number of amides is 1. The van der Waals surface area contributed by atoms with Crippen molar-refractivity contribution in [3.63, 3.8) is 0 Å². The average molecular weight is 364 g/mol. The quantitative estimate of drug-likeness (QED) is 0.691. The highest BCUT2D eigenvalue weighted by Gasteiger charge is 2.15. The third kappa shape index (κ3) is 3.69. The monoisotopic (exact) mass is 363 g/mol. The van der Waals surface area contributed by atoms with Crippen molar-refractivity contribution in [1.29, 1.82) is 0 Å². The van der Waals surface area contributed by atoms with Gasteiger partial charge in [-0.05, 0) is 30.3 Å². The molecule has 0 aliphatic heterocycles. The summed E-state index contributed by atoms with van der Waals surface area (Å²) in [5, 5.41) is 4.06. The first kappa shape index (κ1) is 16.4. The van der Waals surface area contributed by atoms with Gasteiger partial charge in [0.05, 0.1) is 10.7 Å². The standard InChI is InChI=1S/C17H11Cl2NO4/c18-11-5-6-13(12(19)8-11)20-16(21)9-23-17(22)15-7-10-3-1-2-4-14(10)24-15/h1-8H,9H2,(H,20,21). The van der Waals surface area contributed by atoms with E-state index < -0.39 is 18.5 Å². The van der Waals surface area contributed by atoms with E-state index in [0.29, 0.717) is 21.3 Å². The van der Waals surface area contributed by atoms with E-state index in [4.69, 9.17) is 32.4 Å². The van der Waals surface area contributed by atoms with Gasteiger partial charge in [-0.2, -0.15) is 0 Å². The second kappa shape index (κ2) is 6.95. The lowest BCUT2D eigenvalue weighted by atomic mass is 10.2. The number of para-hydroxylation sites is 1. The van der Waals surface area contributed by atoms with Gasteiger partial charge >= 0.3 is 5.97 Å². The van der Waals surface area contributed by atoms with E-state index in [1.54, 1.807) is 30.3 Å². The van der Waals surface area contributed by atoms with Crippen molar-refractivity contribution in [2.24, 2.45) is 0 Å². The summed E-state index contributed by atoms with van der Waals surface area (Å²) in [6, 6.07) is 13.4. The van der Waals surface area contributed by atoms with Crippen LogP contribution in [-0.2, 0) is 9.53 Å². The van der Waals surface area contributed by atoms with Crippen LogP contribution < -0.4 is 5.32 Å². The molecular weight excluding hydrogens is 353 g/mol. The summed E-state index contributed by atoms with van der Waals surface area (Å²) in [6.45, 7) is -0.463. The van der Waals surface area contributed by atoms with Crippen molar-refractivity contribution in [1.82, 2.24) is 0 Å². The number of halogens is 2. The molecule has 0 fully saturated rings. The molecule has 3 rings (SSSR count). The van der Waals surface area contributed by atoms with Crippen molar-refractivity contribution in [3.05, 3.63) is 64.3 Å². The fourth-order valence-corrected chi connectivity index (χ4v) is 2.52. The molecule has 0 spiro atoms. The van der Waals surface area contributed by atoms with Gasteiger partial charge in [-0.3, -0.25) is 4.79 Å². The van der Waals surface area contributed by atoms with E-state index in [1.807, 2.05) is 12.1 Å². The molecule has 2 aromatic carbocycles. The van der Waals surface area contributed by atoms with Crippen molar-refractivity contribution in [3.8, 4) is 0 Å². The summed E-state index contributed by atoms with van der Waals surface area (Å²) in [5.74, 6) is -1.21. The number of hydrogen-bond acceptors (Lipinski definition) is 4. The van der Waals surface area contributed by atoms with Crippen LogP contribution in [0.25, 0.3) is 11.0 Å². The Hall–Kier alpha value is -2.50. The van der Waals surface area contributed by atoms with Crippen LogP contribution in [0, 0.1) is 0 Å². The number of furan rings is 1. The van der Waals surface area contributed by atoms with Crippen LogP contribution in [-0.4, -0.2) is 18.5 Å². The fourth-order valence-electron chi connectivity index (χ4n) is 2.06. The molecule has 0 atom stereocenters. The molecule has 0 saturated carbocycles. The average Bonchev–Trinajstić information content (AvgIpc) is 2.99. The van der Waals surface area contributed by atoms with E-state index in [9.17, 15) is 9.59 Å². The lowest BCUT2D eigenvalue weighted by Gasteiger charge is -2.07. The number of carbonyl (C=O) groups excluding carboxylic acids is 2. The summed E-state index contributed by atoms with van der Waals surface area (Å²) >= 11 is 11.7. The predicted octanol–water partition coefficient (Wildman–Crippen LogP) is 4.54. The smallest absolute Gasteiger partial charge is 0.374 e. The van der Waals surface area contributed by atoms with E-state index in [2.05, 4.69) is 5.32 Å². The molecule has 3 aromatic rings. The number of ether oxygens (including phenoxy) is 1. The number of nitrogens with one attached hydrogen (secondary N) is 1. The first-order valence-corrected chi connectivity index (χ1v) is 7.69. The molecule has 5 nitrogen and oxygen atoms in total. The van der Waals surface area contributed by atoms with Gasteiger partial charge in [-0.25, -0.2) is 4.79 Å². The minimum atomic E-state index is -0.719. The summed E-state index contributed by atoms with van der Waals surface area (Å²) in [4.78, 5) is 23.8. The summed E-state index contributed by atoms with van der Waals surface area (Å²) < 4.78 is 10.3. The molecular formula is C17H11Cl2NO4. The highest BCUT2D eigenvalue weighted by atomic mass is 35.5. The summed E-state index contributed by atoms with van der Waals surface area (Å²) in [7, 11) is 0. The number of anilines is 1. The maximum absolute atomic E-state index is 11.9. The molecule has 1 amide bonds. The van der Waals surface area contributed by atoms with Crippen molar-refractivity contribution >= 4 is 51.7 Å². The molecule has 0 saturated heterocycles. The van der Waals surface area contributed by atoms with Gasteiger partial charge < -0.3 is 14.5 Å². The Morgan fingerprint density at radius 2 is 1.88 bits per heavy atom. The molecule has 0 unspecified atom stereocenters. The molecule has 7 heteroatoms. The van der Waals surface area contributed by atoms with Crippen LogP contribution >= 0.6 is 23.2 Å². The molecule has 24 heavy (non-hydrogen) atoms. The van der Waals surface area contributed by atoms with Gasteiger partial charge in [0.1, 0.15) is 5.58 Å². The number of rotatable bonds is 4. The Kier molecular flexibility index (Phi) is 4.74. The summed E-state index contributed by atoms with van der Waals surface area (Å²) in [5.41, 5.74) is 0.952. The van der Waals surface area contributed by atoms with E-state index in [1.165, 1.54) is 6.07 Å². The van der Waals surface area contributed by atoms with Gasteiger partial charge in [-0.1, -0.05) is 41.4 Å². The van der Waals surface area contributed by atoms with Crippen LogP contribution in [0.15, 0.2) is 52.9 Å². The minimum Gasteiger partial charge on any atom is -0.450 e. The van der Waals surface area contributed by atoms with E-state index >= 15 is 0 Å². The molecule has 1 heterocycles. The van der Waals surface area contributed by atoms with Crippen LogP contribution in [0.5, 0.6) is 0 Å². The molecule has 0 bridgehead atoms. The first-order chi connectivity index (χ1) is 11.5. The summed E-state index contributed by atoms with van der Waals surface area (Å²) in [6.07, 6.45) is 0. The second-order valence-electron chi connectivity index (χ2n) is 4.90. The van der Waals surface area contributed by atoms with Crippen LogP contribution in [0.4, 0.5) is 5.69 Å². The highest BCUT2D eigenvalue weighted by molar-refractivity contribution is 6.36. The maximum Gasteiger partial charge on any atom is 0.374 e. The number of carbonyl (C=O) groups is 2. The predicted molar refractivity (Wildman–Crippen MR) is 91.6 cm³/mol. The molecule has 0 aliphatic rings. The Labute approximate surface area is 147 Å². The van der Waals surface area contributed by atoms with Gasteiger partial charge in [0.2, 0.25) is 5.76 Å². The number of esters is 1. The number of benzene rings is 2. The Morgan fingerprint density at radius 3 is 2.62 bits per heavy atom. The highest BCUT2D eigenvalue weighted by Crippen LogP contribution is 2.25. The lowest BCUT2D eigenvalue weighted by Crippen LogP contribution is -2.20. The van der Waals surface area contributed by atoms with Crippen molar-refractivity contribution in [2.75, 3.05) is 11.9 Å². The first-order valence-electron chi connectivity index (χ1n) is 6.93. The largest absolute Gasteiger partial charge is 0.450 e. The van der Waals surface area contributed by atoms with Crippen LogP contribution in [0.3, 0.4) is 0 Å². The second-order valence-corrected chi connectivity index (χ2v) is 5.74. The number of fused-ring (bicyclic) bond motifs is 1. The zero-order valence-electron chi connectivity index (χ0n) is 12.2. The minimum absolute atomic E-state index is 0.0357. The van der Waals surface area contributed by atoms with Crippen LogP contribution in [0.1, 0.15) is 10.6 Å². The lowest BCUT2D eigenvalue weighted by molar-refractivity contribution is -0.119. The van der Waals surface area contributed by atoms with Gasteiger partial charge in [0.15, 0.2) is 6.61 Å². The normalized spacial score (nSPS) is 10.6. The SMILES string of the molecule is O=C(COC(=O)c1cc2ccccc2o1)Nc1ccc(Cl)cc1Cl. The van der Waals surface area contributed by atoms with Gasteiger partial charge in [-0.15, -0.1) is 0 Å². The zero-order chi connectivity index (χ0) is 17.1. The Balaban J connectivity index is 1.60.